The van der Waals surface area contributed by atoms with Crippen LogP contribution in [0.3, 0.4) is 0 Å². The molecule has 0 aliphatic carbocycles. The van der Waals surface area contributed by atoms with Gasteiger partial charge in [0.15, 0.2) is 5.82 Å². The molecule has 7 heteroatoms. The van der Waals surface area contributed by atoms with Crippen molar-refractivity contribution < 1.29 is 14.1 Å². The molecule has 2 aliphatic rings. The van der Waals surface area contributed by atoms with E-state index in [-0.39, 0.29) is 11.9 Å². The van der Waals surface area contributed by atoms with Gasteiger partial charge in [-0.1, -0.05) is 23.4 Å². The van der Waals surface area contributed by atoms with Crippen LogP contribution in [0.25, 0.3) is 0 Å². The van der Waals surface area contributed by atoms with E-state index < -0.39 is 0 Å². The second-order valence-electron chi connectivity index (χ2n) is 7.25. The molecule has 2 aromatic rings. The van der Waals surface area contributed by atoms with E-state index >= 15 is 0 Å². The van der Waals surface area contributed by atoms with Crippen LogP contribution in [0.2, 0.25) is 0 Å². The van der Waals surface area contributed by atoms with Crippen molar-refractivity contribution in [1.29, 1.82) is 0 Å². The van der Waals surface area contributed by atoms with E-state index in [0.29, 0.717) is 36.4 Å². The summed E-state index contributed by atoms with van der Waals surface area (Å²) in [6.45, 7) is 5.77. The van der Waals surface area contributed by atoms with Gasteiger partial charge in [-0.05, 0) is 38.3 Å². The summed E-state index contributed by atoms with van der Waals surface area (Å²) in [5.41, 5.74) is 0.693. The van der Waals surface area contributed by atoms with Gasteiger partial charge in [-0.3, -0.25) is 9.69 Å². The minimum atomic E-state index is -0.232. The molecular formula is C20H26N4O3. The Bertz CT molecular complexity index is 758. The van der Waals surface area contributed by atoms with Crippen LogP contribution in [0.1, 0.15) is 47.4 Å². The standard InChI is InChI=1S/C20H26N4O3/c1-15-21-19(27-22-15)18-14-23(17-8-12-26-13-9-17)10-5-11-24(18)20(25)16-6-3-2-4-7-16/h2-4,6-7,17-18H,5,8-14H2,1H3. The third-order valence-electron chi connectivity index (χ3n) is 5.45. The smallest absolute Gasteiger partial charge is 0.254 e. The molecule has 1 unspecified atom stereocenters. The SMILES string of the molecule is Cc1noc(C2CN(C3CCOCC3)CCCN2C(=O)c2ccccc2)n1. The maximum absolute atomic E-state index is 13.2. The fraction of sp³-hybridized carbons (Fsp3) is 0.550. The Balaban J connectivity index is 1.62. The predicted molar refractivity (Wildman–Crippen MR) is 99.3 cm³/mol. The summed E-state index contributed by atoms with van der Waals surface area (Å²) in [4.78, 5) is 22.1. The summed E-state index contributed by atoms with van der Waals surface area (Å²) in [7, 11) is 0. The molecule has 0 saturated carbocycles. The second-order valence-corrected chi connectivity index (χ2v) is 7.25. The minimum absolute atomic E-state index is 0.0188. The van der Waals surface area contributed by atoms with Gasteiger partial charge in [0, 0.05) is 44.5 Å². The van der Waals surface area contributed by atoms with Crippen molar-refractivity contribution in [2.75, 3.05) is 32.8 Å². The van der Waals surface area contributed by atoms with Gasteiger partial charge in [-0.15, -0.1) is 0 Å². The van der Waals surface area contributed by atoms with Gasteiger partial charge < -0.3 is 14.2 Å². The van der Waals surface area contributed by atoms with Crippen molar-refractivity contribution in [2.24, 2.45) is 0 Å². The maximum atomic E-state index is 13.2. The van der Waals surface area contributed by atoms with E-state index in [1.165, 1.54) is 0 Å². The van der Waals surface area contributed by atoms with Gasteiger partial charge in [0.1, 0.15) is 6.04 Å². The Morgan fingerprint density at radius 2 is 1.93 bits per heavy atom. The van der Waals surface area contributed by atoms with E-state index in [9.17, 15) is 4.79 Å². The van der Waals surface area contributed by atoms with Crippen LogP contribution in [-0.4, -0.2) is 64.7 Å². The molecule has 2 fully saturated rings. The highest BCUT2D eigenvalue weighted by Gasteiger charge is 2.36. The summed E-state index contributed by atoms with van der Waals surface area (Å²) in [5.74, 6) is 1.14. The lowest BCUT2D eigenvalue weighted by atomic mass is 10.1. The molecule has 2 saturated heterocycles. The molecule has 0 radical (unpaired) electrons. The molecule has 1 atom stereocenters. The van der Waals surface area contributed by atoms with Gasteiger partial charge in [0.25, 0.3) is 11.8 Å². The molecule has 1 aromatic carbocycles. The zero-order valence-electron chi connectivity index (χ0n) is 15.7. The van der Waals surface area contributed by atoms with E-state index in [1.54, 1.807) is 0 Å². The molecule has 0 spiro atoms. The van der Waals surface area contributed by atoms with E-state index in [0.717, 1.165) is 39.0 Å². The Hall–Kier alpha value is -2.25. The normalized spacial score (nSPS) is 22.6. The summed E-state index contributed by atoms with van der Waals surface area (Å²) in [5, 5.41) is 3.96. The molecule has 3 heterocycles. The Kier molecular flexibility index (Phi) is 5.50. The van der Waals surface area contributed by atoms with Crippen molar-refractivity contribution in [3.8, 4) is 0 Å². The maximum Gasteiger partial charge on any atom is 0.254 e. The minimum Gasteiger partial charge on any atom is -0.381 e. The van der Waals surface area contributed by atoms with Crippen LogP contribution in [0.5, 0.6) is 0 Å². The topological polar surface area (TPSA) is 71.7 Å². The molecule has 1 amide bonds. The van der Waals surface area contributed by atoms with Gasteiger partial charge >= 0.3 is 0 Å². The van der Waals surface area contributed by atoms with Crippen LogP contribution in [0, 0.1) is 6.92 Å². The lowest BCUT2D eigenvalue weighted by molar-refractivity contribution is 0.0269. The fourth-order valence-electron chi connectivity index (χ4n) is 4.04. The first-order chi connectivity index (χ1) is 13.2. The molecule has 4 rings (SSSR count). The first kappa shape index (κ1) is 18.1. The molecule has 0 N–H and O–H groups in total. The molecule has 144 valence electrons. The first-order valence-corrected chi connectivity index (χ1v) is 9.70. The lowest BCUT2D eigenvalue weighted by Crippen LogP contribution is -2.43. The molecule has 1 aromatic heterocycles. The molecular weight excluding hydrogens is 344 g/mol. The fourth-order valence-corrected chi connectivity index (χ4v) is 4.04. The number of benzene rings is 1. The predicted octanol–water partition coefficient (Wildman–Crippen LogP) is 2.45. The number of aryl methyl sites for hydroxylation is 1. The van der Waals surface area contributed by atoms with Crippen LogP contribution < -0.4 is 0 Å². The number of aromatic nitrogens is 2. The van der Waals surface area contributed by atoms with Gasteiger partial charge in [-0.2, -0.15) is 4.98 Å². The Morgan fingerprint density at radius 1 is 1.15 bits per heavy atom. The second kappa shape index (κ2) is 8.19. The largest absolute Gasteiger partial charge is 0.381 e. The summed E-state index contributed by atoms with van der Waals surface area (Å²) >= 11 is 0. The van der Waals surface area contributed by atoms with Crippen LogP contribution in [0.15, 0.2) is 34.9 Å². The van der Waals surface area contributed by atoms with Crippen molar-refractivity contribution in [1.82, 2.24) is 19.9 Å². The number of rotatable bonds is 3. The van der Waals surface area contributed by atoms with Crippen molar-refractivity contribution in [2.45, 2.75) is 38.3 Å². The average Bonchev–Trinajstić information content (AvgIpc) is 3.03. The lowest BCUT2D eigenvalue weighted by Gasteiger charge is -2.35. The highest BCUT2D eigenvalue weighted by atomic mass is 16.5. The number of amides is 1. The quantitative estimate of drug-likeness (QED) is 0.826. The molecule has 0 bridgehead atoms. The van der Waals surface area contributed by atoms with E-state index in [1.807, 2.05) is 42.2 Å². The number of ether oxygens (including phenoxy) is 1. The monoisotopic (exact) mass is 370 g/mol. The summed E-state index contributed by atoms with van der Waals surface area (Å²) in [6.07, 6.45) is 2.99. The highest BCUT2D eigenvalue weighted by molar-refractivity contribution is 5.94. The number of nitrogens with zero attached hydrogens (tertiary/aromatic N) is 4. The number of hydrogen-bond donors (Lipinski definition) is 0. The van der Waals surface area contributed by atoms with Gasteiger partial charge in [-0.25, -0.2) is 0 Å². The van der Waals surface area contributed by atoms with Crippen LogP contribution in [-0.2, 0) is 4.74 Å². The van der Waals surface area contributed by atoms with E-state index in [2.05, 4.69) is 15.0 Å². The third kappa shape index (κ3) is 4.04. The number of hydrogen-bond acceptors (Lipinski definition) is 6. The van der Waals surface area contributed by atoms with Crippen molar-refractivity contribution in [3.05, 3.63) is 47.6 Å². The van der Waals surface area contributed by atoms with Crippen LogP contribution >= 0.6 is 0 Å². The van der Waals surface area contributed by atoms with Crippen molar-refractivity contribution >= 4 is 5.91 Å². The molecule has 2 aliphatic heterocycles. The summed E-state index contributed by atoms with van der Waals surface area (Å²) in [6, 6.07) is 9.68. The Labute approximate surface area is 159 Å². The van der Waals surface area contributed by atoms with Gasteiger partial charge in [0.05, 0.1) is 0 Å². The van der Waals surface area contributed by atoms with Crippen molar-refractivity contribution in [3.63, 3.8) is 0 Å². The van der Waals surface area contributed by atoms with Crippen LogP contribution in [0.4, 0.5) is 0 Å². The zero-order valence-corrected chi connectivity index (χ0v) is 15.7. The average molecular weight is 370 g/mol. The molecule has 7 nitrogen and oxygen atoms in total. The third-order valence-corrected chi connectivity index (χ3v) is 5.45. The van der Waals surface area contributed by atoms with E-state index in [4.69, 9.17) is 9.26 Å². The number of carbonyl (C=O) groups excluding carboxylic acids is 1. The Morgan fingerprint density at radius 3 is 2.63 bits per heavy atom. The highest BCUT2D eigenvalue weighted by Crippen LogP contribution is 2.28. The zero-order chi connectivity index (χ0) is 18.6. The number of carbonyl (C=O) groups is 1. The first-order valence-electron chi connectivity index (χ1n) is 9.70. The molecule has 27 heavy (non-hydrogen) atoms. The summed E-state index contributed by atoms with van der Waals surface area (Å²) < 4.78 is 11.0. The van der Waals surface area contributed by atoms with Gasteiger partial charge in [0.2, 0.25) is 0 Å².